The maximum Gasteiger partial charge on any atom is 0.336 e. The normalized spacial score (nSPS) is 11.9. The minimum absolute atomic E-state index is 0.149. The summed E-state index contributed by atoms with van der Waals surface area (Å²) >= 11 is 0. The summed E-state index contributed by atoms with van der Waals surface area (Å²) in [5, 5.41) is 10.3. The number of para-hydroxylation sites is 1. The Labute approximate surface area is 194 Å². The van der Waals surface area contributed by atoms with E-state index in [4.69, 9.17) is 9.72 Å². The van der Waals surface area contributed by atoms with Crippen molar-refractivity contribution in [2.45, 2.75) is 6.61 Å². The van der Waals surface area contributed by atoms with E-state index in [2.05, 4.69) is 0 Å². The number of fused-ring (bicyclic) bond motifs is 4. The number of carboxylic acids is 1. The van der Waals surface area contributed by atoms with Crippen molar-refractivity contribution < 1.29 is 19.4 Å². The summed E-state index contributed by atoms with van der Waals surface area (Å²) in [6.45, 7) is 0.253. The van der Waals surface area contributed by atoms with Gasteiger partial charge in [-0.1, -0.05) is 54.6 Å². The molecule has 0 bridgehead atoms. The van der Waals surface area contributed by atoms with Gasteiger partial charge in [-0.25, -0.2) is 9.78 Å². The van der Waals surface area contributed by atoms with E-state index in [0.29, 0.717) is 22.6 Å². The molecule has 0 spiro atoms. The molecular formula is C28H18N2O4. The first-order valence-electron chi connectivity index (χ1n) is 10.8. The molecule has 0 amide bonds. The van der Waals surface area contributed by atoms with Crippen LogP contribution in [0.3, 0.4) is 0 Å². The second kappa shape index (κ2) is 7.71. The first kappa shape index (κ1) is 19.9. The lowest BCUT2D eigenvalue weighted by Gasteiger charge is -2.13. The highest BCUT2D eigenvalue weighted by atomic mass is 16.5. The van der Waals surface area contributed by atoms with Gasteiger partial charge in [-0.2, -0.15) is 0 Å². The van der Waals surface area contributed by atoms with E-state index in [-0.39, 0.29) is 18.1 Å². The van der Waals surface area contributed by atoms with Gasteiger partial charge in [0.05, 0.1) is 16.8 Å². The maximum absolute atomic E-state index is 13.1. The number of hydrogen-bond donors (Lipinski definition) is 1. The smallest absolute Gasteiger partial charge is 0.336 e. The molecule has 0 aliphatic carbocycles. The molecule has 2 aromatic heterocycles. The van der Waals surface area contributed by atoms with Gasteiger partial charge < -0.3 is 9.84 Å². The third-order valence-electron chi connectivity index (χ3n) is 6.07. The van der Waals surface area contributed by atoms with Crippen molar-refractivity contribution in [3.63, 3.8) is 0 Å². The van der Waals surface area contributed by atoms with Gasteiger partial charge in [0.2, 0.25) is 0 Å². The third kappa shape index (κ3) is 3.08. The van der Waals surface area contributed by atoms with Crippen molar-refractivity contribution in [3.8, 4) is 28.3 Å². The first-order chi connectivity index (χ1) is 16.6. The predicted octanol–water partition coefficient (Wildman–Crippen LogP) is 5.65. The highest BCUT2D eigenvalue weighted by molar-refractivity contribution is 6.13. The van der Waals surface area contributed by atoms with Crippen LogP contribution in [0, 0.1) is 0 Å². The average molecular weight is 446 g/mol. The second-order valence-electron chi connectivity index (χ2n) is 8.09. The number of aromatic nitrogens is 2. The van der Waals surface area contributed by atoms with Gasteiger partial charge in [0.25, 0.3) is 5.91 Å². The fourth-order valence-electron chi connectivity index (χ4n) is 4.44. The Hall–Kier alpha value is -4.71. The van der Waals surface area contributed by atoms with Crippen molar-refractivity contribution in [3.05, 3.63) is 108 Å². The van der Waals surface area contributed by atoms with Crippen molar-refractivity contribution in [2.75, 3.05) is 0 Å². The number of carboxylic acid groups (broad SMARTS) is 1. The summed E-state index contributed by atoms with van der Waals surface area (Å²) in [5.41, 5.74) is 5.26. The minimum Gasteiger partial charge on any atom is -0.487 e. The molecule has 34 heavy (non-hydrogen) atoms. The van der Waals surface area contributed by atoms with Gasteiger partial charge in [0.1, 0.15) is 23.6 Å². The molecule has 6 heteroatoms. The molecule has 1 N–H and O–H groups in total. The lowest BCUT2D eigenvalue weighted by atomic mass is 9.99. The Morgan fingerprint density at radius 1 is 0.912 bits per heavy atom. The number of benzene rings is 3. The Kier molecular flexibility index (Phi) is 4.52. The van der Waals surface area contributed by atoms with Crippen LogP contribution in [0.25, 0.3) is 33.4 Å². The molecular weight excluding hydrogens is 428 g/mol. The molecule has 6 nitrogen and oxygen atoms in total. The Morgan fingerprint density at radius 3 is 2.50 bits per heavy atom. The lowest BCUT2D eigenvalue weighted by Crippen LogP contribution is -2.08. The quantitative estimate of drug-likeness (QED) is 0.370. The van der Waals surface area contributed by atoms with Gasteiger partial charge in [-0.15, -0.1) is 0 Å². The maximum atomic E-state index is 13.1. The number of rotatable bonds is 5. The molecule has 0 saturated heterocycles. The van der Waals surface area contributed by atoms with Crippen LogP contribution < -0.4 is 4.74 Å². The van der Waals surface area contributed by atoms with Crippen LogP contribution in [0.5, 0.6) is 5.75 Å². The van der Waals surface area contributed by atoms with Gasteiger partial charge in [0, 0.05) is 11.6 Å². The zero-order valence-electron chi connectivity index (χ0n) is 17.9. The number of ether oxygens (including phenoxy) is 1. The summed E-state index contributed by atoms with van der Waals surface area (Å²) in [7, 11) is 0. The van der Waals surface area contributed by atoms with E-state index in [9.17, 15) is 14.7 Å². The number of aromatic carboxylic acids is 1. The van der Waals surface area contributed by atoms with Crippen LogP contribution in [-0.2, 0) is 6.61 Å². The van der Waals surface area contributed by atoms with E-state index < -0.39 is 5.97 Å². The number of carbonyl (C=O) groups is 2. The zero-order valence-corrected chi connectivity index (χ0v) is 17.9. The van der Waals surface area contributed by atoms with Crippen LogP contribution in [-0.4, -0.2) is 26.5 Å². The predicted molar refractivity (Wildman–Crippen MR) is 128 cm³/mol. The molecule has 1 aliphatic rings. The molecule has 5 aromatic rings. The molecule has 0 fully saturated rings. The third-order valence-corrected chi connectivity index (χ3v) is 6.07. The van der Waals surface area contributed by atoms with E-state index >= 15 is 0 Å². The monoisotopic (exact) mass is 446 g/mol. The molecule has 3 aromatic carbocycles. The van der Waals surface area contributed by atoms with Crippen molar-refractivity contribution in [1.29, 1.82) is 0 Å². The summed E-state index contributed by atoms with van der Waals surface area (Å²) in [4.78, 5) is 29.4. The van der Waals surface area contributed by atoms with Crippen LogP contribution in [0.1, 0.15) is 26.3 Å². The topological polar surface area (TPSA) is 81.4 Å². The number of pyridine rings is 1. The Balaban J connectivity index is 1.35. The Morgan fingerprint density at radius 2 is 1.68 bits per heavy atom. The molecule has 164 valence electrons. The van der Waals surface area contributed by atoms with E-state index in [1.165, 1.54) is 0 Å². The number of nitrogens with zero attached hydrogens (tertiary/aromatic N) is 2. The van der Waals surface area contributed by atoms with Gasteiger partial charge in [-0.05, 0) is 47.0 Å². The molecule has 1 aliphatic heterocycles. The fraction of sp³-hybridized carbons (Fsp3) is 0.0357. The van der Waals surface area contributed by atoms with E-state index in [0.717, 1.165) is 27.7 Å². The average Bonchev–Trinajstić information content (AvgIpc) is 3.45. The molecule has 0 unspecified atom stereocenters. The Bertz CT molecular complexity index is 1600. The molecule has 6 rings (SSSR count). The molecule has 0 atom stereocenters. The summed E-state index contributed by atoms with van der Waals surface area (Å²) in [6.07, 6.45) is 1.74. The zero-order chi connectivity index (χ0) is 23.2. The highest BCUT2D eigenvalue weighted by Gasteiger charge is 2.32. The highest BCUT2D eigenvalue weighted by Crippen LogP contribution is 2.41. The SMILES string of the molecule is O=C(O)c1ccccc1-c1ccc(COc2c3c(nc4ccccc24)-c2cccn2C3=O)cc1. The fourth-order valence-corrected chi connectivity index (χ4v) is 4.44. The van der Waals surface area contributed by atoms with Crippen molar-refractivity contribution in [1.82, 2.24) is 9.55 Å². The summed E-state index contributed by atoms with van der Waals surface area (Å²) in [6, 6.07) is 25.8. The number of hydrogen-bond acceptors (Lipinski definition) is 4. The second-order valence-corrected chi connectivity index (χ2v) is 8.09. The van der Waals surface area contributed by atoms with Crippen LogP contribution in [0.4, 0.5) is 0 Å². The minimum atomic E-state index is -0.962. The summed E-state index contributed by atoms with van der Waals surface area (Å²) in [5.74, 6) is -0.588. The van der Waals surface area contributed by atoms with Crippen LogP contribution >= 0.6 is 0 Å². The van der Waals surface area contributed by atoms with Gasteiger partial charge in [-0.3, -0.25) is 9.36 Å². The molecule has 3 heterocycles. The van der Waals surface area contributed by atoms with Crippen LogP contribution in [0.2, 0.25) is 0 Å². The van der Waals surface area contributed by atoms with E-state index in [1.807, 2.05) is 66.7 Å². The lowest BCUT2D eigenvalue weighted by molar-refractivity contribution is 0.0697. The van der Waals surface area contributed by atoms with Gasteiger partial charge >= 0.3 is 5.97 Å². The largest absolute Gasteiger partial charge is 0.487 e. The molecule has 0 radical (unpaired) electrons. The standard InChI is InChI=1S/C28H18N2O4/c31-27-24-25(23-10-5-15-30(23)27)29-22-9-4-3-8-21(22)26(24)34-16-17-11-13-18(14-12-17)19-6-1-2-7-20(19)28(32)33/h1-15H,16H2,(H,32,33). The first-order valence-corrected chi connectivity index (χ1v) is 10.8. The van der Waals surface area contributed by atoms with Crippen molar-refractivity contribution >= 4 is 22.8 Å². The van der Waals surface area contributed by atoms with Crippen molar-refractivity contribution in [2.24, 2.45) is 0 Å². The van der Waals surface area contributed by atoms with Gasteiger partial charge in [0.15, 0.2) is 0 Å². The van der Waals surface area contributed by atoms with Crippen LogP contribution in [0.15, 0.2) is 91.1 Å². The van der Waals surface area contributed by atoms with E-state index in [1.54, 1.807) is 29.0 Å². The number of carbonyl (C=O) groups excluding carboxylic acids is 1. The molecule has 0 saturated carbocycles. The summed E-state index contributed by atoms with van der Waals surface area (Å²) < 4.78 is 7.85.